The molecular weight excluding hydrogens is 394 g/mol. The lowest BCUT2D eigenvalue weighted by Crippen LogP contribution is -2.52. The number of carbonyl (C=O) groups is 3. The third-order valence-electron chi connectivity index (χ3n) is 4.08. The topological polar surface area (TPSA) is 103 Å². The predicted molar refractivity (Wildman–Crippen MR) is 108 cm³/mol. The van der Waals surface area contributed by atoms with Crippen molar-refractivity contribution in [3.63, 3.8) is 0 Å². The fourth-order valence-corrected chi connectivity index (χ4v) is 2.90. The number of benzene rings is 2. The van der Waals surface area contributed by atoms with Crippen LogP contribution in [0.4, 0.5) is 0 Å². The molecule has 0 spiro atoms. The Labute approximate surface area is 170 Å². The van der Waals surface area contributed by atoms with Crippen LogP contribution in [-0.2, 0) is 14.4 Å². The molecule has 2 aromatic carbocycles. The number of nitrogens with one attached hydrogen (secondary N) is 2. The van der Waals surface area contributed by atoms with Crippen LogP contribution in [0.3, 0.4) is 0 Å². The van der Waals surface area contributed by atoms with E-state index >= 15 is 0 Å². The van der Waals surface area contributed by atoms with Gasteiger partial charge in [-0.05, 0) is 23.8 Å². The van der Waals surface area contributed by atoms with Crippen LogP contribution in [0.15, 0.2) is 70.4 Å². The van der Waals surface area contributed by atoms with Crippen LogP contribution in [0, 0.1) is 0 Å². The minimum absolute atomic E-state index is 0.129. The van der Waals surface area contributed by atoms with Gasteiger partial charge < -0.3 is 0 Å². The highest BCUT2D eigenvalue weighted by atomic mass is 35.5. The summed E-state index contributed by atoms with van der Waals surface area (Å²) in [6.45, 7) is 0. The van der Waals surface area contributed by atoms with E-state index in [1.54, 1.807) is 54.6 Å². The fraction of sp³-hybridized carbons (Fsp3) is 0.0500. The Morgan fingerprint density at radius 1 is 0.966 bits per heavy atom. The minimum atomic E-state index is -0.505. The van der Waals surface area contributed by atoms with E-state index in [-0.39, 0.29) is 23.9 Å². The van der Waals surface area contributed by atoms with Crippen molar-refractivity contribution in [3.8, 4) is 0 Å². The van der Waals surface area contributed by atoms with Gasteiger partial charge >= 0.3 is 0 Å². The molecule has 9 heteroatoms. The van der Waals surface area contributed by atoms with E-state index in [9.17, 15) is 14.4 Å². The van der Waals surface area contributed by atoms with E-state index in [2.05, 4.69) is 20.7 Å². The van der Waals surface area contributed by atoms with Crippen molar-refractivity contribution in [2.45, 2.75) is 6.42 Å². The summed E-state index contributed by atoms with van der Waals surface area (Å²) in [6.07, 6.45) is 1.31. The molecule has 8 nitrogen and oxygen atoms in total. The molecule has 1 saturated heterocycles. The molecule has 0 aromatic heterocycles. The maximum Gasteiger partial charge on any atom is 0.298 e. The van der Waals surface area contributed by atoms with Crippen LogP contribution in [0.25, 0.3) is 6.08 Å². The van der Waals surface area contributed by atoms with Crippen molar-refractivity contribution in [2.24, 2.45) is 10.1 Å². The normalized spacial score (nSPS) is 17.9. The molecule has 0 aliphatic carbocycles. The average Bonchev–Trinajstić information content (AvgIpc) is 2.99. The molecule has 3 amide bonds. The zero-order valence-corrected chi connectivity index (χ0v) is 15.7. The van der Waals surface area contributed by atoms with Crippen molar-refractivity contribution in [1.29, 1.82) is 0 Å². The van der Waals surface area contributed by atoms with Crippen LogP contribution in [0.2, 0.25) is 5.02 Å². The summed E-state index contributed by atoms with van der Waals surface area (Å²) in [6, 6.07) is 15.9. The highest BCUT2D eigenvalue weighted by Crippen LogP contribution is 2.23. The highest BCUT2D eigenvalue weighted by Gasteiger charge is 2.33. The molecule has 2 N–H and O–H groups in total. The Balaban J connectivity index is 1.74. The molecule has 1 fully saturated rings. The number of rotatable bonds is 3. The van der Waals surface area contributed by atoms with Gasteiger partial charge in [-0.25, -0.2) is 4.99 Å². The summed E-state index contributed by atoms with van der Waals surface area (Å²) in [5.74, 6) is -1.36. The van der Waals surface area contributed by atoms with Gasteiger partial charge in [0.25, 0.3) is 5.91 Å². The van der Waals surface area contributed by atoms with Gasteiger partial charge in [0.2, 0.25) is 17.8 Å². The molecule has 2 aromatic rings. The summed E-state index contributed by atoms with van der Waals surface area (Å²) in [7, 11) is 0. The maximum absolute atomic E-state index is 13.0. The number of amidine groups is 1. The van der Waals surface area contributed by atoms with Gasteiger partial charge in [-0.3, -0.25) is 25.0 Å². The van der Waals surface area contributed by atoms with E-state index in [1.165, 1.54) is 0 Å². The SMILES string of the molecule is O=C1CC(=O)NC(=NN2C(=O)/C(=C/c3ccc(Cl)cc3)N=C2c2ccccc2)N1. The Kier molecular flexibility index (Phi) is 4.92. The molecule has 2 heterocycles. The van der Waals surface area contributed by atoms with E-state index in [0.717, 1.165) is 10.6 Å². The van der Waals surface area contributed by atoms with Crippen molar-refractivity contribution in [2.75, 3.05) is 0 Å². The van der Waals surface area contributed by atoms with Crippen LogP contribution in [-0.4, -0.2) is 34.5 Å². The molecule has 4 rings (SSSR count). The number of guanidine groups is 1. The van der Waals surface area contributed by atoms with Crippen LogP contribution < -0.4 is 10.6 Å². The largest absolute Gasteiger partial charge is 0.298 e. The summed E-state index contributed by atoms with van der Waals surface area (Å²) < 4.78 is 0. The lowest BCUT2D eigenvalue weighted by molar-refractivity contribution is -0.129. The predicted octanol–water partition coefficient (Wildman–Crippen LogP) is 1.88. The summed E-state index contributed by atoms with van der Waals surface area (Å²) in [4.78, 5) is 40.6. The monoisotopic (exact) mass is 407 g/mol. The lowest BCUT2D eigenvalue weighted by atomic mass is 10.2. The van der Waals surface area contributed by atoms with Gasteiger partial charge in [-0.15, -0.1) is 5.10 Å². The van der Waals surface area contributed by atoms with E-state index in [1.807, 2.05) is 6.07 Å². The maximum atomic E-state index is 13.0. The second kappa shape index (κ2) is 7.69. The Morgan fingerprint density at radius 3 is 2.28 bits per heavy atom. The number of hydrogen-bond donors (Lipinski definition) is 2. The summed E-state index contributed by atoms with van der Waals surface area (Å²) in [5, 5.41) is 10.6. The van der Waals surface area contributed by atoms with Crippen molar-refractivity contribution < 1.29 is 14.4 Å². The Bertz CT molecular complexity index is 1070. The zero-order chi connectivity index (χ0) is 20.4. The van der Waals surface area contributed by atoms with E-state index < -0.39 is 17.7 Å². The second-order valence-corrected chi connectivity index (χ2v) is 6.66. The van der Waals surface area contributed by atoms with Crippen molar-refractivity contribution in [3.05, 3.63) is 76.4 Å². The standard InChI is InChI=1S/C20H14ClN5O3/c21-14-8-6-12(7-9-14)10-15-19(29)26(18(22-15)13-4-2-1-3-5-13)25-20-23-16(27)11-17(28)24-20/h1-10H,11H2,(H2,23,24,25,27,28)/b15-10-. The Hall–Kier alpha value is -3.78. The van der Waals surface area contributed by atoms with Gasteiger partial charge in [-0.1, -0.05) is 54.1 Å². The molecule has 29 heavy (non-hydrogen) atoms. The third kappa shape index (κ3) is 4.07. The molecule has 144 valence electrons. The molecule has 0 radical (unpaired) electrons. The van der Waals surface area contributed by atoms with Crippen LogP contribution in [0.1, 0.15) is 17.5 Å². The van der Waals surface area contributed by atoms with E-state index in [4.69, 9.17) is 11.6 Å². The van der Waals surface area contributed by atoms with Gasteiger partial charge in [0.1, 0.15) is 12.1 Å². The molecule has 0 saturated carbocycles. The van der Waals surface area contributed by atoms with Gasteiger partial charge in [0.15, 0.2) is 5.84 Å². The fourth-order valence-electron chi connectivity index (χ4n) is 2.77. The number of aliphatic imine (C=N–C) groups is 1. The van der Waals surface area contributed by atoms with Crippen molar-refractivity contribution >= 4 is 47.2 Å². The number of halogens is 1. The quantitative estimate of drug-likeness (QED) is 0.599. The molecule has 2 aliphatic heterocycles. The molecule has 0 atom stereocenters. The third-order valence-corrected chi connectivity index (χ3v) is 4.33. The van der Waals surface area contributed by atoms with E-state index in [0.29, 0.717) is 10.6 Å². The second-order valence-electron chi connectivity index (χ2n) is 6.22. The first-order valence-corrected chi connectivity index (χ1v) is 9.01. The van der Waals surface area contributed by atoms with Crippen LogP contribution >= 0.6 is 11.6 Å². The average molecular weight is 408 g/mol. The molecular formula is C20H14ClN5O3. The first-order chi connectivity index (χ1) is 14.0. The minimum Gasteiger partial charge on any atom is -0.294 e. The smallest absolute Gasteiger partial charge is 0.294 e. The molecule has 0 unspecified atom stereocenters. The van der Waals surface area contributed by atoms with Crippen molar-refractivity contribution in [1.82, 2.24) is 15.6 Å². The summed E-state index contributed by atoms with van der Waals surface area (Å²) in [5.41, 5.74) is 1.55. The number of nitrogens with zero attached hydrogens (tertiary/aromatic N) is 3. The number of hydrogen-bond acceptors (Lipinski definition) is 5. The molecule has 2 aliphatic rings. The summed E-state index contributed by atoms with van der Waals surface area (Å²) >= 11 is 5.91. The number of amides is 3. The number of hydrazone groups is 1. The van der Waals surface area contributed by atoms with Gasteiger partial charge in [0.05, 0.1) is 0 Å². The molecule has 0 bridgehead atoms. The number of carbonyl (C=O) groups excluding carboxylic acids is 3. The van der Waals surface area contributed by atoms with Gasteiger partial charge in [-0.2, -0.15) is 5.01 Å². The Morgan fingerprint density at radius 2 is 1.62 bits per heavy atom. The highest BCUT2D eigenvalue weighted by molar-refractivity contribution is 6.30. The lowest BCUT2D eigenvalue weighted by Gasteiger charge is -2.18. The zero-order valence-electron chi connectivity index (χ0n) is 14.9. The first kappa shape index (κ1) is 18.6. The first-order valence-electron chi connectivity index (χ1n) is 8.64. The van der Waals surface area contributed by atoms with Crippen LogP contribution in [0.5, 0.6) is 0 Å². The van der Waals surface area contributed by atoms with Gasteiger partial charge in [0, 0.05) is 10.6 Å².